The van der Waals surface area contributed by atoms with Crippen LogP contribution in [0.1, 0.15) is 17.4 Å². The van der Waals surface area contributed by atoms with Crippen LogP contribution in [0.5, 0.6) is 0 Å². The number of hydrogen-bond donors (Lipinski definition) is 1. The molecule has 0 fully saturated rings. The summed E-state index contributed by atoms with van der Waals surface area (Å²) >= 11 is 0. The molecule has 15 heavy (non-hydrogen) atoms. The molecule has 0 amide bonds. The van der Waals surface area contributed by atoms with Crippen molar-refractivity contribution in [1.29, 1.82) is 0 Å². The van der Waals surface area contributed by atoms with E-state index < -0.39 is 5.97 Å². The van der Waals surface area contributed by atoms with Gasteiger partial charge >= 0.3 is 5.97 Å². The summed E-state index contributed by atoms with van der Waals surface area (Å²) in [5, 5.41) is 0. The lowest BCUT2D eigenvalue weighted by Gasteiger charge is -1.94. The Balaban J connectivity index is 2.42. The van der Waals surface area contributed by atoms with Crippen molar-refractivity contribution >= 4 is 17.6 Å². The second-order valence-electron chi connectivity index (χ2n) is 2.91. The molecule has 0 saturated carbocycles. The number of fused-ring (bicyclic) bond motifs is 1. The maximum Gasteiger partial charge on any atom is 0.358 e. The van der Waals surface area contributed by atoms with Crippen LogP contribution in [0.25, 0.3) is 5.78 Å². The molecule has 6 nitrogen and oxygen atoms in total. The number of ether oxygens (including phenoxy) is 1. The lowest BCUT2D eigenvalue weighted by atomic mass is 10.5. The highest BCUT2D eigenvalue weighted by Gasteiger charge is 2.11. The van der Waals surface area contributed by atoms with E-state index in [1.54, 1.807) is 29.8 Å². The number of esters is 1. The molecule has 0 aliphatic rings. The molecule has 0 unspecified atom stereocenters. The monoisotopic (exact) mass is 206 g/mol. The van der Waals surface area contributed by atoms with Gasteiger partial charge < -0.3 is 10.5 Å². The molecule has 0 radical (unpaired) electrons. The van der Waals surface area contributed by atoms with Crippen LogP contribution in [-0.2, 0) is 4.74 Å². The Morgan fingerprint density at radius 3 is 3.13 bits per heavy atom. The number of nitrogens with zero attached hydrogens (tertiary/aromatic N) is 3. The fraction of sp³-hybridized carbons (Fsp3) is 0.222. The van der Waals surface area contributed by atoms with E-state index in [2.05, 4.69) is 9.97 Å². The highest BCUT2D eigenvalue weighted by Crippen LogP contribution is 2.06. The van der Waals surface area contributed by atoms with Crippen molar-refractivity contribution in [3.8, 4) is 0 Å². The van der Waals surface area contributed by atoms with E-state index in [1.165, 1.54) is 0 Å². The van der Waals surface area contributed by atoms with Crippen molar-refractivity contribution in [3.63, 3.8) is 0 Å². The van der Waals surface area contributed by atoms with Crippen LogP contribution in [0, 0.1) is 0 Å². The number of rotatable bonds is 2. The van der Waals surface area contributed by atoms with E-state index in [0.29, 0.717) is 18.2 Å². The summed E-state index contributed by atoms with van der Waals surface area (Å²) in [6.45, 7) is 2.06. The standard InChI is InChI=1S/C9H10N4O2/c1-2-15-8(14)6-5-13-4-3-7(10)12-9(13)11-6/h3-5H,2H2,1H3,(H2,10,11,12). The third-order valence-corrected chi connectivity index (χ3v) is 1.83. The molecule has 2 heterocycles. The van der Waals surface area contributed by atoms with E-state index in [4.69, 9.17) is 10.5 Å². The zero-order valence-electron chi connectivity index (χ0n) is 8.17. The SMILES string of the molecule is CCOC(=O)c1cn2ccc(N)nc2n1. The number of nitrogens with two attached hydrogens (primary N) is 1. The average molecular weight is 206 g/mol. The fourth-order valence-electron chi connectivity index (χ4n) is 1.19. The predicted molar refractivity (Wildman–Crippen MR) is 53.4 cm³/mol. The molecule has 0 aliphatic carbocycles. The van der Waals surface area contributed by atoms with E-state index in [0.717, 1.165) is 0 Å². The molecule has 0 aliphatic heterocycles. The van der Waals surface area contributed by atoms with Crippen LogP contribution in [0.2, 0.25) is 0 Å². The Morgan fingerprint density at radius 2 is 2.40 bits per heavy atom. The lowest BCUT2D eigenvalue weighted by Crippen LogP contribution is -2.04. The second kappa shape index (κ2) is 3.56. The molecule has 2 aromatic heterocycles. The molecular weight excluding hydrogens is 196 g/mol. The van der Waals surface area contributed by atoms with Gasteiger partial charge in [0.05, 0.1) is 6.61 Å². The van der Waals surface area contributed by atoms with Gasteiger partial charge in [-0.2, -0.15) is 4.98 Å². The largest absolute Gasteiger partial charge is 0.461 e. The number of nitrogen functional groups attached to an aromatic ring is 1. The van der Waals surface area contributed by atoms with Gasteiger partial charge in [0, 0.05) is 12.4 Å². The number of carbonyl (C=O) groups is 1. The third kappa shape index (κ3) is 1.74. The van der Waals surface area contributed by atoms with Crippen LogP contribution >= 0.6 is 0 Å². The Bertz CT molecular complexity index is 506. The zero-order chi connectivity index (χ0) is 10.8. The first-order valence-corrected chi connectivity index (χ1v) is 4.49. The van der Waals surface area contributed by atoms with Crippen molar-refractivity contribution in [2.24, 2.45) is 0 Å². The van der Waals surface area contributed by atoms with Crippen molar-refractivity contribution < 1.29 is 9.53 Å². The van der Waals surface area contributed by atoms with Gasteiger partial charge in [-0.15, -0.1) is 0 Å². The molecule has 2 N–H and O–H groups in total. The van der Waals surface area contributed by atoms with Crippen LogP contribution in [-0.4, -0.2) is 26.9 Å². The summed E-state index contributed by atoms with van der Waals surface area (Å²) in [6, 6.07) is 1.63. The molecule has 0 aromatic carbocycles. The highest BCUT2D eigenvalue weighted by atomic mass is 16.5. The first kappa shape index (κ1) is 9.45. The molecule has 0 atom stereocenters. The van der Waals surface area contributed by atoms with Gasteiger partial charge in [-0.3, -0.25) is 4.40 Å². The molecule has 78 valence electrons. The van der Waals surface area contributed by atoms with Gasteiger partial charge in [-0.05, 0) is 13.0 Å². The van der Waals surface area contributed by atoms with Crippen LogP contribution in [0.4, 0.5) is 5.82 Å². The Kier molecular flexibility index (Phi) is 2.24. The predicted octanol–water partition coefficient (Wildman–Crippen LogP) is 0.488. The summed E-state index contributed by atoms with van der Waals surface area (Å²) in [5.41, 5.74) is 5.72. The third-order valence-electron chi connectivity index (χ3n) is 1.83. The Labute approximate surface area is 85.7 Å². The van der Waals surface area contributed by atoms with Crippen molar-refractivity contribution in [2.45, 2.75) is 6.92 Å². The average Bonchev–Trinajstić information content (AvgIpc) is 2.60. The minimum atomic E-state index is -0.457. The second-order valence-corrected chi connectivity index (χ2v) is 2.91. The summed E-state index contributed by atoms with van der Waals surface area (Å²) in [5.74, 6) is 0.295. The van der Waals surface area contributed by atoms with Gasteiger partial charge in [-0.25, -0.2) is 9.78 Å². The number of imidazole rings is 1. The van der Waals surface area contributed by atoms with Crippen LogP contribution < -0.4 is 5.73 Å². The quantitative estimate of drug-likeness (QED) is 0.723. The Morgan fingerprint density at radius 1 is 1.60 bits per heavy atom. The van der Waals surface area contributed by atoms with Crippen molar-refractivity contribution in [2.75, 3.05) is 12.3 Å². The van der Waals surface area contributed by atoms with Gasteiger partial charge in [0.1, 0.15) is 5.82 Å². The number of hydrogen-bond acceptors (Lipinski definition) is 5. The topological polar surface area (TPSA) is 82.5 Å². The molecule has 0 bridgehead atoms. The molecule has 2 rings (SSSR count). The Hall–Kier alpha value is -2.11. The highest BCUT2D eigenvalue weighted by molar-refractivity contribution is 5.87. The van der Waals surface area contributed by atoms with Crippen molar-refractivity contribution in [3.05, 3.63) is 24.2 Å². The maximum absolute atomic E-state index is 11.3. The molecule has 0 saturated heterocycles. The zero-order valence-corrected chi connectivity index (χ0v) is 8.17. The lowest BCUT2D eigenvalue weighted by molar-refractivity contribution is 0.0520. The first-order chi connectivity index (χ1) is 7.20. The minimum Gasteiger partial charge on any atom is -0.461 e. The fourth-order valence-corrected chi connectivity index (χ4v) is 1.19. The first-order valence-electron chi connectivity index (χ1n) is 4.49. The number of carbonyl (C=O) groups excluding carboxylic acids is 1. The molecular formula is C9H10N4O2. The molecule has 0 spiro atoms. The number of aromatic nitrogens is 3. The van der Waals surface area contributed by atoms with Crippen LogP contribution in [0.3, 0.4) is 0 Å². The van der Waals surface area contributed by atoms with Crippen LogP contribution in [0.15, 0.2) is 18.5 Å². The minimum absolute atomic E-state index is 0.231. The summed E-state index contributed by atoms with van der Waals surface area (Å²) in [4.78, 5) is 19.3. The van der Waals surface area contributed by atoms with Crippen molar-refractivity contribution in [1.82, 2.24) is 14.4 Å². The normalized spacial score (nSPS) is 10.5. The maximum atomic E-state index is 11.3. The van der Waals surface area contributed by atoms with Gasteiger partial charge in [0.2, 0.25) is 5.78 Å². The smallest absolute Gasteiger partial charge is 0.358 e. The van der Waals surface area contributed by atoms with E-state index in [-0.39, 0.29) is 5.69 Å². The summed E-state index contributed by atoms with van der Waals surface area (Å²) < 4.78 is 6.43. The van der Waals surface area contributed by atoms with Gasteiger partial charge in [-0.1, -0.05) is 0 Å². The number of anilines is 1. The van der Waals surface area contributed by atoms with E-state index in [9.17, 15) is 4.79 Å². The molecule has 2 aromatic rings. The molecule has 6 heteroatoms. The van der Waals surface area contributed by atoms with E-state index >= 15 is 0 Å². The van der Waals surface area contributed by atoms with Gasteiger partial charge in [0.25, 0.3) is 0 Å². The summed E-state index contributed by atoms with van der Waals surface area (Å²) in [7, 11) is 0. The summed E-state index contributed by atoms with van der Waals surface area (Å²) in [6.07, 6.45) is 3.24. The van der Waals surface area contributed by atoms with E-state index in [1.807, 2.05) is 0 Å². The van der Waals surface area contributed by atoms with Gasteiger partial charge in [0.15, 0.2) is 5.69 Å².